The minimum atomic E-state index is -0.460. The number of nitrogen functional groups attached to an aromatic ring is 2. The van der Waals surface area contributed by atoms with Gasteiger partial charge in [-0.2, -0.15) is 4.98 Å². The van der Waals surface area contributed by atoms with Gasteiger partial charge in [0.25, 0.3) is 5.56 Å². The summed E-state index contributed by atoms with van der Waals surface area (Å²) in [5.41, 5.74) is 16.3. The maximum absolute atomic E-state index is 11.3. The molecule has 0 saturated carbocycles. The average molecular weight is 226 g/mol. The van der Waals surface area contributed by atoms with E-state index in [0.717, 1.165) is 19.3 Å². The standard InChI is InChI=1S/C9H18N6O/c1-2-3-4-5(10)13-7-6(11)8(16)15-9(12)14-7/h5H,2-4,10-11H2,1H3,(H4,12,13,14,15,16). The first-order valence-corrected chi connectivity index (χ1v) is 5.22. The van der Waals surface area contributed by atoms with Crippen LogP contribution in [0, 0.1) is 0 Å². The number of aromatic nitrogens is 2. The maximum atomic E-state index is 11.3. The molecule has 7 heteroatoms. The van der Waals surface area contributed by atoms with Crippen LogP contribution in [-0.2, 0) is 0 Å². The SMILES string of the molecule is CCCCC(N)Nc1nc(N)[nH]c(=O)c1N. The van der Waals surface area contributed by atoms with Gasteiger partial charge in [-0.3, -0.25) is 9.78 Å². The molecule has 1 atom stereocenters. The summed E-state index contributed by atoms with van der Waals surface area (Å²) in [4.78, 5) is 17.5. The summed E-state index contributed by atoms with van der Waals surface area (Å²) in [7, 11) is 0. The Labute approximate surface area is 93.4 Å². The minimum Gasteiger partial charge on any atom is -0.391 e. The zero-order chi connectivity index (χ0) is 12.1. The third-order valence-corrected chi connectivity index (χ3v) is 2.16. The molecule has 1 unspecified atom stereocenters. The Morgan fingerprint density at radius 2 is 2.19 bits per heavy atom. The van der Waals surface area contributed by atoms with Gasteiger partial charge in [-0.15, -0.1) is 0 Å². The van der Waals surface area contributed by atoms with Crippen molar-refractivity contribution >= 4 is 17.5 Å². The average Bonchev–Trinajstić information content (AvgIpc) is 2.22. The van der Waals surface area contributed by atoms with E-state index in [1.807, 2.05) is 0 Å². The van der Waals surface area contributed by atoms with Gasteiger partial charge in [0.15, 0.2) is 5.82 Å². The summed E-state index contributed by atoms with van der Waals surface area (Å²) < 4.78 is 0. The Kier molecular flexibility index (Phi) is 4.12. The topological polar surface area (TPSA) is 136 Å². The minimum absolute atomic E-state index is 0.00106. The second-order valence-corrected chi connectivity index (χ2v) is 3.61. The molecule has 0 aliphatic carbocycles. The van der Waals surface area contributed by atoms with E-state index >= 15 is 0 Å². The van der Waals surface area contributed by atoms with Gasteiger partial charge < -0.3 is 22.5 Å². The van der Waals surface area contributed by atoms with Crippen LogP contribution in [0.25, 0.3) is 0 Å². The summed E-state index contributed by atoms with van der Waals surface area (Å²) in [6, 6.07) is 0. The van der Waals surface area contributed by atoms with Crippen molar-refractivity contribution in [1.29, 1.82) is 0 Å². The number of hydrogen-bond donors (Lipinski definition) is 5. The van der Waals surface area contributed by atoms with Crippen LogP contribution in [-0.4, -0.2) is 16.1 Å². The molecule has 90 valence electrons. The fourth-order valence-corrected chi connectivity index (χ4v) is 1.28. The number of H-pyrrole nitrogens is 1. The molecule has 16 heavy (non-hydrogen) atoms. The molecule has 1 heterocycles. The molecule has 7 nitrogen and oxygen atoms in total. The first kappa shape index (κ1) is 12.3. The van der Waals surface area contributed by atoms with Crippen molar-refractivity contribution in [2.24, 2.45) is 5.73 Å². The van der Waals surface area contributed by atoms with Crippen LogP contribution in [0.2, 0.25) is 0 Å². The molecule has 0 aromatic carbocycles. The summed E-state index contributed by atoms with van der Waals surface area (Å²) in [5.74, 6) is 0.259. The molecule has 1 rings (SSSR count). The van der Waals surface area contributed by atoms with Crippen LogP contribution in [0.5, 0.6) is 0 Å². The molecule has 0 amide bonds. The molecule has 0 aliphatic rings. The van der Waals surface area contributed by atoms with Crippen LogP contribution in [0.15, 0.2) is 4.79 Å². The molecule has 0 spiro atoms. The van der Waals surface area contributed by atoms with E-state index in [9.17, 15) is 4.79 Å². The number of nitrogens with one attached hydrogen (secondary N) is 2. The quantitative estimate of drug-likeness (QED) is 0.442. The second-order valence-electron chi connectivity index (χ2n) is 3.61. The van der Waals surface area contributed by atoms with E-state index in [0.29, 0.717) is 0 Å². The Bertz CT molecular complexity index is 401. The molecule has 8 N–H and O–H groups in total. The number of aromatic amines is 1. The second kappa shape index (κ2) is 5.36. The number of rotatable bonds is 5. The van der Waals surface area contributed by atoms with Gasteiger partial charge >= 0.3 is 0 Å². The van der Waals surface area contributed by atoms with Gasteiger partial charge in [0.2, 0.25) is 5.95 Å². The van der Waals surface area contributed by atoms with E-state index in [-0.39, 0.29) is 23.6 Å². The maximum Gasteiger partial charge on any atom is 0.277 e. The van der Waals surface area contributed by atoms with Crippen molar-refractivity contribution in [2.45, 2.75) is 32.4 Å². The zero-order valence-electron chi connectivity index (χ0n) is 9.29. The number of unbranched alkanes of at least 4 members (excludes halogenated alkanes) is 1. The third kappa shape index (κ3) is 3.13. The summed E-state index contributed by atoms with van der Waals surface area (Å²) in [6.07, 6.45) is 2.54. The Balaban J connectivity index is 2.77. The number of nitrogens with zero attached hydrogens (tertiary/aromatic N) is 1. The smallest absolute Gasteiger partial charge is 0.277 e. The normalized spacial score (nSPS) is 12.4. The molecule has 0 fully saturated rings. The lowest BCUT2D eigenvalue weighted by Crippen LogP contribution is -2.31. The molecule has 1 aromatic rings. The Morgan fingerprint density at radius 3 is 2.81 bits per heavy atom. The summed E-state index contributed by atoms with van der Waals surface area (Å²) in [5, 5.41) is 2.87. The molecule has 0 aliphatic heterocycles. The highest BCUT2D eigenvalue weighted by Crippen LogP contribution is 2.12. The van der Waals surface area contributed by atoms with E-state index < -0.39 is 5.56 Å². The van der Waals surface area contributed by atoms with Crippen molar-refractivity contribution in [3.05, 3.63) is 10.4 Å². The van der Waals surface area contributed by atoms with Crippen LogP contribution < -0.4 is 28.1 Å². The molecular weight excluding hydrogens is 208 g/mol. The largest absolute Gasteiger partial charge is 0.391 e. The van der Waals surface area contributed by atoms with E-state index in [2.05, 4.69) is 22.2 Å². The van der Waals surface area contributed by atoms with Gasteiger partial charge in [-0.1, -0.05) is 19.8 Å². The lowest BCUT2D eigenvalue weighted by Gasteiger charge is -2.15. The number of hydrogen-bond acceptors (Lipinski definition) is 6. The van der Waals surface area contributed by atoms with Crippen LogP contribution in [0.4, 0.5) is 17.5 Å². The fraction of sp³-hybridized carbons (Fsp3) is 0.556. The fourth-order valence-electron chi connectivity index (χ4n) is 1.28. The van der Waals surface area contributed by atoms with Gasteiger partial charge in [-0.05, 0) is 6.42 Å². The first-order valence-electron chi connectivity index (χ1n) is 5.22. The molecular formula is C9H18N6O. The molecule has 0 bridgehead atoms. The summed E-state index contributed by atoms with van der Waals surface area (Å²) >= 11 is 0. The van der Waals surface area contributed by atoms with Crippen molar-refractivity contribution in [3.8, 4) is 0 Å². The zero-order valence-corrected chi connectivity index (χ0v) is 9.29. The lowest BCUT2D eigenvalue weighted by molar-refractivity contribution is 0.624. The Hall–Kier alpha value is -1.76. The van der Waals surface area contributed by atoms with Gasteiger partial charge in [0, 0.05) is 0 Å². The number of anilines is 3. The van der Waals surface area contributed by atoms with Crippen molar-refractivity contribution in [3.63, 3.8) is 0 Å². The van der Waals surface area contributed by atoms with E-state index in [4.69, 9.17) is 17.2 Å². The van der Waals surface area contributed by atoms with Gasteiger partial charge in [0.05, 0.1) is 6.17 Å². The predicted molar refractivity (Wildman–Crippen MR) is 64.8 cm³/mol. The molecule has 0 radical (unpaired) electrons. The highest BCUT2D eigenvalue weighted by molar-refractivity contribution is 5.61. The lowest BCUT2D eigenvalue weighted by atomic mass is 10.2. The van der Waals surface area contributed by atoms with E-state index in [1.54, 1.807) is 0 Å². The Morgan fingerprint density at radius 1 is 1.50 bits per heavy atom. The van der Waals surface area contributed by atoms with Gasteiger partial charge in [-0.25, -0.2) is 0 Å². The third-order valence-electron chi connectivity index (χ3n) is 2.16. The highest BCUT2D eigenvalue weighted by atomic mass is 16.1. The van der Waals surface area contributed by atoms with Crippen molar-refractivity contribution in [1.82, 2.24) is 9.97 Å². The predicted octanol–water partition coefficient (Wildman–Crippen LogP) is -0.179. The van der Waals surface area contributed by atoms with Crippen LogP contribution in [0.1, 0.15) is 26.2 Å². The number of nitrogens with two attached hydrogens (primary N) is 3. The summed E-state index contributed by atoms with van der Waals surface area (Å²) in [6.45, 7) is 2.07. The van der Waals surface area contributed by atoms with Gasteiger partial charge in [0.1, 0.15) is 5.69 Å². The van der Waals surface area contributed by atoms with E-state index in [1.165, 1.54) is 0 Å². The van der Waals surface area contributed by atoms with Crippen LogP contribution >= 0.6 is 0 Å². The molecule has 0 saturated heterocycles. The van der Waals surface area contributed by atoms with Crippen molar-refractivity contribution in [2.75, 3.05) is 16.8 Å². The monoisotopic (exact) mass is 226 g/mol. The molecule has 1 aromatic heterocycles. The first-order chi connectivity index (χ1) is 7.54. The highest BCUT2D eigenvalue weighted by Gasteiger charge is 2.09. The van der Waals surface area contributed by atoms with Crippen LogP contribution in [0.3, 0.4) is 0 Å². The van der Waals surface area contributed by atoms with Crippen molar-refractivity contribution < 1.29 is 0 Å².